The van der Waals surface area contributed by atoms with Gasteiger partial charge in [0, 0.05) is 10.9 Å². The largest absolute Gasteiger partial charge is 0.494 e. The summed E-state index contributed by atoms with van der Waals surface area (Å²) in [5.41, 5.74) is 4.35. The maximum Gasteiger partial charge on any atom is 0.271 e. The van der Waals surface area contributed by atoms with Gasteiger partial charge in [-0.2, -0.15) is 5.26 Å². The molecule has 0 radical (unpaired) electrons. The zero-order chi connectivity index (χ0) is 24.0. The van der Waals surface area contributed by atoms with Crippen molar-refractivity contribution in [3.8, 4) is 11.9 Å². The molecule has 0 atom stereocenters. The van der Waals surface area contributed by atoms with Crippen molar-refractivity contribution < 1.29 is 14.3 Å². The second-order valence-electron chi connectivity index (χ2n) is 8.51. The third-order valence-corrected chi connectivity index (χ3v) is 6.25. The predicted molar refractivity (Wildman–Crippen MR) is 126 cm³/mol. The SMILES string of the molecule is Cc1ccc(Cn2c(O)c(C(=O)c3oc4cc(C)c(C)cc4c3C)c(C)c(C#N)c2=O)cc1. The van der Waals surface area contributed by atoms with Crippen molar-refractivity contribution in [2.45, 2.75) is 41.2 Å². The van der Waals surface area contributed by atoms with Crippen molar-refractivity contribution in [2.75, 3.05) is 0 Å². The summed E-state index contributed by atoms with van der Waals surface area (Å²) in [6.07, 6.45) is 0. The van der Waals surface area contributed by atoms with E-state index in [-0.39, 0.29) is 29.0 Å². The lowest BCUT2D eigenvalue weighted by atomic mass is 9.98. The van der Waals surface area contributed by atoms with Crippen LogP contribution >= 0.6 is 0 Å². The molecule has 0 spiro atoms. The standard InChI is InChI=1S/C27H24N2O4/c1-14-6-8-19(9-7-14)13-29-26(31)21(12-28)17(4)23(27(29)32)24(30)25-18(5)20-10-15(2)16(3)11-22(20)33-25/h6-11,32H,13H2,1-5H3. The van der Waals surface area contributed by atoms with Crippen LogP contribution in [0.25, 0.3) is 11.0 Å². The molecule has 1 N–H and O–H groups in total. The summed E-state index contributed by atoms with van der Waals surface area (Å²) in [7, 11) is 0. The fraction of sp³-hybridized carbons (Fsp3) is 0.222. The van der Waals surface area contributed by atoms with E-state index in [1.165, 1.54) is 6.92 Å². The van der Waals surface area contributed by atoms with Crippen LogP contribution in [0.1, 0.15) is 55.1 Å². The quantitative estimate of drug-likeness (QED) is 0.451. The van der Waals surface area contributed by atoms with Crippen molar-refractivity contribution in [3.05, 3.63) is 97.0 Å². The monoisotopic (exact) mass is 440 g/mol. The Morgan fingerprint density at radius 3 is 2.30 bits per heavy atom. The molecule has 0 unspecified atom stereocenters. The van der Waals surface area contributed by atoms with Crippen LogP contribution in [0.3, 0.4) is 0 Å². The first-order chi connectivity index (χ1) is 15.6. The molecule has 0 amide bonds. The van der Waals surface area contributed by atoms with Gasteiger partial charge in [-0.1, -0.05) is 29.8 Å². The molecular weight excluding hydrogens is 416 g/mol. The van der Waals surface area contributed by atoms with E-state index in [0.717, 1.165) is 32.2 Å². The normalized spacial score (nSPS) is 11.0. The van der Waals surface area contributed by atoms with Gasteiger partial charge in [-0.3, -0.25) is 14.2 Å². The molecular formula is C27H24N2O4. The molecule has 2 heterocycles. The number of aromatic hydroxyl groups is 1. The highest BCUT2D eigenvalue weighted by atomic mass is 16.3. The Balaban J connectivity index is 1.92. The summed E-state index contributed by atoms with van der Waals surface area (Å²) in [5, 5.41) is 21.5. The zero-order valence-electron chi connectivity index (χ0n) is 19.2. The molecule has 6 heteroatoms. The Bertz CT molecular complexity index is 1530. The van der Waals surface area contributed by atoms with Gasteiger partial charge in [-0.05, 0) is 69.0 Å². The first-order valence-electron chi connectivity index (χ1n) is 10.6. The summed E-state index contributed by atoms with van der Waals surface area (Å²) >= 11 is 0. The van der Waals surface area contributed by atoms with E-state index in [1.807, 2.05) is 63.2 Å². The number of carbonyl (C=O) groups excluding carboxylic acids is 1. The van der Waals surface area contributed by atoms with Gasteiger partial charge in [0.25, 0.3) is 5.56 Å². The topological polar surface area (TPSA) is 96.2 Å². The zero-order valence-corrected chi connectivity index (χ0v) is 19.2. The van der Waals surface area contributed by atoms with E-state index in [9.17, 15) is 20.0 Å². The van der Waals surface area contributed by atoms with Gasteiger partial charge in [0.1, 0.15) is 17.2 Å². The fourth-order valence-electron chi connectivity index (χ4n) is 4.05. The van der Waals surface area contributed by atoms with E-state index >= 15 is 0 Å². The van der Waals surface area contributed by atoms with Crippen LogP contribution in [-0.2, 0) is 6.54 Å². The van der Waals surface area contributed by atoms with Crippen molar-refractivity contribution in [1.82, 2.24) is 4.57 Å². The Labute approximate surface area is 191 Å². The second-order valence-corrected chi connectivity index (χ2v) is 8.51. The molecule has 2 aromatic carbocycles. The predicted octanol–water partition coefficient (Wildman–Crippen LogP) is 4.99. The van der Waals surface area contributed by atoms with Crippen LogP contribution in [0.4, 0.5) is 0 Å². The molecule has 6 nitrogen and oxygen atoms in total. The van der Waals surface area contributed by atoms with Crippen LogP contribution in [-0.4, -0.2) is 15.5 Å². The highest BCUT2D eigenvalue weighted by Gasteiger charge is 2.28. The molecule has 0 aliphatic rings. The third kappa shape index (κ3) is 3.62. The fourth-order valence-corrected chi connectivity index (χ4v) is 4.05. The Hall–Kier alpha value is -4.11. The first-order valence-corrected chi connectivity index (χ1v) is 10.6. The average molecular weight is 440 g/mol. The molecule has 4 rings (SSSR count). The van der Waals surface area contributed by atoms with Crippen LogP contribution < -0.4 is 5.56 Å². The minimum atomic E-state index is -0.641. The van der Waals surface area contributed by atoms with E-state index in [1.54, 1.807) is 6.92 Å². The number of rotatable bonds is 4. The molecule has 33 heavy (non-hydrogen) atoms. The molecule has 4 aromatic rings. The van der Waals surface area contributed by atoms with E-state index < -0.39 is 17.2 Å². The lowest BCUT2D eigenvalue weighted by Crippen LogP contribution is -2.27. The molecule has 0 saturated heterocycles. The number of carbonyl (C=O) groups is 1. The highest BCUT2D eigenvalue weighted by Crippen LogP contribution is 2.32. The van der Waals surface area contributed by atoms with Crippen LogP contribution in [0.15, 0.2) is 45.6 Å². The summed E-state index contributed by atoms with van der Waals surface area (Å²) in [5.74, 6) is -0.963. The number of furan rings is 1. The van der Waals surface area contributed by atoms with Gasteiger partial charge >= 0.3 is 0 Å². The lowest BCUT2D eigenvalue weighted by Gasteiger charge is -2.15. The maximum atomic E-state index is 13.6. The Morgan fingerprint density at radius 2 is 1.67 bits per heavy atom. The molecule has 0 aliphatic heterocycles. The number of nitriles is 1. The van der Waals surface area contributed by atoms with Gasteiger partial charge in [0.2, 0.25) is 11.7 Å². The van der Waals surface area contributed by atoms with Gasteiger partial charge in [-0.25, -0.2) is 0 Å². The number of aromatic nitrogens is 1. The molecule has 0 bridgehead atoms. The van der Waals surface area contributed by atoms with Crippen molar-refractivity contribution in [3.63, 3.8) is 0 Å². The Kier molecular flexibility index (Phi) is 5.43. The summed E-state index contributed by atoms with van der Waals surface area (Å²) in [6.45, 7) is 9.20. The van der Waals surface area contributed by atoms with Gasteiger partial charge in [-0.15, -0.1) is 0 Å². The molecule has 2 aromatic heterocycles. The van der Waals surface area contributed by atoms with Gasteiger partial charge in [0.05, 0.1) is 12.1 Å². The number of fused-ring (bicyclic) bond motifs is 1. The van der Waals surface area contributed by atoms with Crippen molar-refractivity contribution in [1.29, 1.82) is 5.26 Å². The Morgan fingerprint density at radius 1 is 1.03 bits per heavy atom. The number of aryl methyl sites for hydroxylation is 4. The van der Waals surface area contributed by atoms with Crippen LogP contribution in [0, 0.1) is 45.9 Å². The molecule has 0 fully saturated rings. The second kappa shape index (κ2) is 8.10. The summed E-state index contributed by atoms with van der Waals surface area (Å²) in [6, 6.07) is 13.2. The van der Waals surface area contributed by atoms with Crippen molar-refractivity contribution in [2.24, 2.45) is 0 Å². The number of hydrogen-bond acceptors (Lipinski definition) is 5. The van der Waals surface area contributed by atoms with Crippen LogP contribution in [0.2, 0.25) is 0 Å². The molecule has 0 saturated carbocycles. The summed E-state index contributed by atoms with van der Waals surface area (Å²) in [4.78, 5) is 26.6. The minimum absolute atomic E-state index is 0.0255. The van der Waals surface area contributed by atoms with E-state index in [0.29, 0.717) is 11.1 Å². The number of ketones is 1. The molecule has 0 aliphatic carbocycles. The average Bonchev–Trinajstić information content (AvgIpc) is 3.08. The smallest absolute Gasteiger partial charge is 0.271 e. The highest BCUT2D eigenvalue weighted by molar-refractivity contribution is 6.12. The van der Waals surface area contributed by atoms with Gasteiger partial charge < -0.3 is 9.52 Å². The maximum absolute atomic E-state index is 13.6. The van der Waals surface area contributed by atoms with Crippen molar-refractivity contribution >= 4 is 16.8 Å². The number of hydrogen-bond donors (Lipinski definition) is 1. The number of pyridine rings is 1. The third-order valence-electron chi connectivity index (χ3n) is 6.25. The van der Waals surface area contributed by atoms with Crippen LogP contribution in [0.5, 0.6) is 5.88 Å². The summed E-state index contributed by atoms with van der Waals surface area (Å²) < 4.78 is 6.97. The lowest BCUT2D eigenvalue weighted by molar-refractivity contribution is 0.101. The van der Waals surface area contributed by atoms with Gasteiger partial charge in [0.15, 0.2) is 5.76 Å². The molecule has 166 valence electrons. The minimum Gasteiger partial charge on any atom is -0.494 e. The number of nitrogens with zero attached hydrogens (tertiary/aromatic N) is 2. The van der Waals surface area contributed by atoms with E-state index in [4.69, 9.17) is 4.42 Å². The van der Waals surface area contributed by atoms with E-state index in [2.05, 4.69) is 0 Å². The number of benzene rings is 2. The first kappa shape index (κ1) is 22.1.